The Hall–Kier alpha value is -1.37. The van der Waals surface area contributed by atoms with Gasteiger partial charge in [-0.15, -0.1) is 0 Å². The van der Waals surface area contributed by atoms with Crippen molar-refractivity contribution in [3.63, 3.8) is 0 Å². The zero-order valence-corrected chi connectivity index (χ0v) is 11.9. The molecule has 0 aromatic carbocycles. The molecular formula is C12H18N2O4S. The lowest BCUT2D eigenvalue weighted by molar-refractivity contribution is 0.0506. The van der Waals surface area contributed by atoms with Crippen molar-refractivity contribution in [1.29, 1.82) is 0 Å². The minimum absolute atomic E-state index is 0.123. The second-order valence-corrected chi connectivity index (χ2v) is 7.39. The van der Waals surface area contributed by atoms with Crippen molar-refractivity contribution in [3.05, 3.63) is 17.5 Å². The van der Waals surface area contributed by atoms with Gasteiger partial charge in [-0.2, -0.15) is 5.10 Å². The minimum Gasteiger partial charge on any atom is -0.461 e. The maximum atomic E-state index is 11.9. The Bertz CT molecular complexity index is 577. The Morgan fingerprint density at radius 2 is 2.26 bits per heavy atom. The summed E-state index contributed by atoms with van der Waals surface area (Å²) < 4.78 is 29.4. The van der Waals surface area contributed by atoms with Crippen molar-refractivity contribution in [3.8, 4) is 0 Å². The van der Waals surface area contributed by atoms with Gasteiger partial charge in [0.25, 0.3) is 0 Å². The van der Waals surface area contributed by atoms with E-state index in [1.54, 1.807) is 0 Å². The highest BCUT2D eigenvalue weighted by Gasteiger charge is 2.23. The molecule has 1 aliphatic rings. The predicted octanol–water partition coefficient (Wildman–Crippen LogP) is 0.809. The smallest absolute Gasteiger partial charge is 0.341 e. The van der Waals surface area contributed by atoms with Crippen LogP contribution in [0.1, 0.15) is 35.8 Å². The van der Waals surface area contributed by atoms with Crippen LogP contribution in [0.5, 0.6) is 0 Å². The van der Waals surface area contributed by atoms with E-state index in [9.17, 15) is 13.2 Å². The molecule has 1 aromatic rings. The van der Waals surface area contributed by atoms with Crippen molar-refractivity contribution in [1.82, 2.24) is 9.78 Å². The molecule has 0 aliphatic carbocycles. The first-order chi connectivity index (χ1) is 8.89. The van der Waals surface area contributed by atoms with Gasteiger partial charge < -0.3 is 4.74 Å². The molecule has 0 spiro atoms. The average molecular weight is 286 g/mol. The van der Waals surface area contributed by atoms with Crippen molar-refractivity contribution in [2.24, 2.45) is 0 Å². The van der Waals surface area contributed by atoms with Crippen LogP contribution in [0.15, 0.2) is 6.20 Å². The third-order valence-corrected chi connectivity index (χ3v) is 4.98. The highest BCUT2D eigenvalue weighted by Crippen LogP contribution is 2.18. The summed E-state index contributed by atoms with van der Waals surface area (Å²) in [5, 5.41) is 3.46. The summed E-state index contributed by atoms with van der Waals surface area (Å²) in [5.41, 5.74) is 1.35. The van der Waals surface area contributed by atoms with Crippen LogP contribution in [0.3, 0.4) is 0 Å². The molecule has 106 valence electrons. The lowest BCUT2D eigenvalue weighted by atomic mass is 10.1. The average Bonchev–Trinajstić information content (AvgIpc) is 2.78. The summed E-state index contributed by atoms with van der Waals surface area (Å²) in [6.45, 7) is 2.22. The van der Waals surface area contributed by atoms with E-state index >= 15 is 0 Å². The van der Waals surface area contributed by atoms with Gasteiger partial charge in [0.2, 0.25) is 0 Å². The second-order valence-electron chi connectivity index (χ2n) is 4.92. The fraction of sp³-hybridized carbons (Fsp3) is 0.667. The number of rotatable bonds is 4. The van der Waals surface area contributed by atoms with Crippen LogP contribution in [0.4, 0.5) is 0 Å². The monoisotopic (exact) mass is 286 g/mol. The number of aromatic nitrogens is 2. The van der Waals surface area contributed by atoms with Gasteiger partial charge in [-0.25, -0.2) is 13.2 Å². The summed E-state index contributed by atoms with van der Waals surface area (Å²) in [4.78, 5) is 11.9. The molecule has 7 heteroatoms. The standard InChI is InChI=1S/C12H18N2O4S/c1-9(19(2,16)17)8-18-12(15)10-7-13-14-6-4-3-5-11(10)14/h7,9H,3-6,8H2,1-2H3/t9-/m0/s1. The van der Waals surface area contributed by atoms with E-state index in [1.807, 2.05) is 4.68 Å². The summed E-state index contributed by atoms with van der Waals surface area (Å²) in [7, 11) is -3.18. The van der Waals surface area contributed by atoms with Crippen molar-refractivity contribution < 1.29 is 17.9 Å². The van der Waals surface area contributed by atoms with E-state index < -0.39 is 21.1 Å². The molecule has 19 heavy (non-hydrogen) atoms. The van der Waals surface area contributed by atoms with E-state index in [1.165, 1.54) is 13.1 Å². The van der Waals surface area contributed by atoms with Crippen LogP contribution >= 0.6 is 0 Å². The quantitative estimate of drug-likeness (QED) is 0.765. The molecular weight excluding hydrogens is 268 g/mol. The maximum absolute atomic E-state index is 11.9. The number of sulfone groups is 1. The van der Waals surface area contributed by atoms with Crippen molar-refractivity contribution in [2.45, 2.75) is 38.0 Å². The maximum Gasteiger partial charge on any atom is 0.341 e. The molecule has 1 atom stereocenters. The number of carbonyl (C=O) groups excluding carboxylic acids is 1. The number of fused-ring (bicyclic) bond motifs is 1. The molecule has 0 fully saturated rings. The first-order valence-corrected chi connectivity index (χ1v) is 8.25. The molecule has 0 amide bonds. The third kappa shape index (κ3) is 3.15. The van der Waals surface area contributed by atoms with Gasteiger partial charge in [-0.1, -0.05) is 0 Å². The summed E-state index contributed by atoms with van der Waals surface area (Å²) >= 11 is 0. The third-order valence-electron chi connectivity index (χ3n) is 3.38. The zero-order valence-electron chi connectivity index (χ0n) is 11.1. The second kappa shape index (κ2) is 5.32. The van der Waals surface area contributed by atoms with E-state index in [0.29, 0.717) is 5.56 Å². The predicted molar refractivity (Wildman–Crippen MR) is 69.8 cm³/mol. The SMILES string of the molecule is C[C@@H](COC(=O)c1cnn2c1CCCC2)S(C)(=O)=O. The van der Waals surface area contributed by atoms with Gasteiger partial charge in [0, 0.05) is 12.8 Å². The fourth-order valence-corrected chi connectivity index (χ4v) is 2.30. The van der Waals surface area contributed by atoms with Crippen LogP contribution in [0.25, 0.3) is 0 Å². The largest absolute Gasteiger partial charge is 0.461 e. The van der Waals surface area contributed by atoms with Crippen LogP contribution in [0.2, 0.25) is 0 Å². The molecule has 2 heterocycles. The lowest BCUT2D eigenvalue weighted by Gasteiger charge is -2.15. The normalized spacial score (nSPS) is 16.7. The summed E-state index contributed by atoms with van der Waals surface area (Å²) in [5.74, 6) is -0.487. The van der Waals surface area contributed by atoms with Gasteiger partial charge in [-0.05, 0) is 26.2 Å². The Morgan fingerprint density at radius 3 is 2.95 bits per heavy atom. The Morgan fingerprint density at radius 1 is 1.53 bits per heavy atom. The van der Waals surface area contributed by atoms with Crippen LogP contribution < -0.4 is 0 Å². The van der Waals surface area contributed by atoms with Gasteiger partial charge in [0.15, 0.2) is 9.84 Å². The Labute approximate surface area is 112 Å². The fourth-order valence-electron chi connectivity index (χ4n) is 1.99. The van der Waals surface area contributed by atoms with Gasteiger partial charge in [-0.3, -0.25) is 4.68 Å². The number of hydrogen-bond acceptors (Lipinski definition) is 5. The summed E-state index contributed by atoms with van der Waals surface area (Å²) in [6, 6.07) is 0. The first kappa shape index (κ1) is 14.0. The molecule has 0 saturated heterocycles. The van der Waals surface area contributed by atoms with E-state index in [2.05, 4.69) is 5.10 Å². The van der Waals surface area contributed by atoms with Crippen LogP contribution in [-0.2, 0) is 27.5 Å². The molecule has 1 aliphatic heterocycles. The highest BCUT2D eigenvalue weighted by atomic mass is 32.2. The topological polar surface area (TPSA) is 78.3 Å². The molecule has 0 radical (unpaired) electrons. The van der Waals surface area contributed by atoms with E-state index in [4.69, 9.17) is 4.74 Å². The number of ether oxygens (including phenoxy) is 1. The van der Waals surface area contributed by atoms with Crippen molar-refractivity contribution in [2.75, 3.05) is 12.9 Å². The van der Waals surface area contributed by atoms with E-state index in [-0.39, 0.29) is 6.61 Å². The number of nitrogens with zero attached hydrogens (tertiary/aromatic N) is 2. The molecule has 6 nitrogen and oxygen atoms in total. The molecule has 0 N–H and O–H groups in total. The number of aryl methyl sites for hydroxylation is 1. The number of hydrogen-bond donors (Lipinski definition) is 0. The van der Waals surface area contributed by atoms with Crippen LogP contribution in [-0.4, -0.2) is 42.3 Å². The van der Waals surface area contributed by atoms with Gasteiger partial charge in [0.05, 0.1) is 17.1 Å². The lowest BCUT2D eigenvalue weighted by Crippen LogP contribution is -2.24. The summed E-state index contributed by atoms with van der Waals surface area (Å²) in [6.07, 6.45) is 5.55. The molecule has 0 saturated carbocycles. The Kier molecular flexibility index (Phi) is 3.93. The van der Waals surface area contributed by atoms with E-state index in [0.717, 1.165) is 37.8 Å². The molecule has 2 rings (SSSR count). The minimum atomic E-state index is -3.18. The number of carbonyl (C=O) groups is 1. The number of esters is 1. The van der Waals surface area contributed by atoms with Crippen molar-refractivity contribution >= 4 is 15.8 Å². The molecule has 0 bridgehead atoms. The molecule has 0 unspecified atom stereocenters. The zero-order chi connectivity index (χ0) is 14.0. The van der Waals surface area contributed by atoms with Gasteiger partial charge in [0.1, 0.15) is 12.2 Å². The Balaban J connectivity index is 2.03. The van der Waals surface area contributed by atoms with Crippen LogP contribution in [0, 0.1) is 0 Å². The molecule has 1 aromatic heterocycles. The first-order valence-electron chi connectivity index (χ1n) is 6.30. The highest BCUT2D eigenvalue weighted by molar-refractivity contribution is 7.91. The van der Waals surface area contributed by atoms with Gasteiger partial charge >= 0.3 is 5.97 Å².